The number of aromatic carboxylic acids is 1. The summed E-state index contributed by atoms with van der Waals surface area (Å²) in [7, 11) is 0. The van der Waals surface area contributed by atoms with Crippen LogP contribution in [-0.4, -0.2) is 30.6 Å². The second-order valence-corrected chi connectivity index (χ2v) is 6.29. The number of pyridine rings is 1. The van der Waals surface area contributed by atoms with Crippen LogP contribution < -0.4 is 5.56 Å². The molecule has 0 saturated carbocycles. The van der Waals surface area contributed by atoms with Gasteiger partial charge in [0.1, 0.15) is 0 Å². The van der Waals surface area contributed by atoms with Crippen LogP contribution in [0.4, 0.5) is 0 Å². The molecule has 0 aliphatic carbocycles. The third-order valence-corrected chi connectivity index (χ3v) is 3.69. The molecule has 118 valence electrons. The zero-order valence-electron chi connectivity index (χ0n) is 13.0. The lowest BCUT2D eigenvalue weighted by Gasteiger charge is -2.16. The van der Waals surface area contributed by atoms with Gasteiger partial charge in [-0.1, -0.05) is 20.8 Å². The van der Waals surface area contributed by atoms with Gasteiger partial charge in [-0.3, -0.25) is 14.3 Å². The Balaban J connectivity index is 2.44. The van der Waals surface area contributed by atoms with E-state index in [-0.39, 0.29) is 16.5 Å². The van der Waals surface area contributed by atoms with Gasteiger partial charge < -0.3 is 10.1 Å². The standard InChI is InChI=1S/C16H16N4O3/c1-16(2,3)10-7-20(13-12(10)14(21)19-8-18-13)11-6-17-5-4-9(11)15(22)23/h4-8H,1-3H3,(H,22,23)(H,18,19,21). The van der Waals surface area contributed by atoms with Gasteiger partial charge in [0, 0.05) is 12.4 Å². The summed E-state index contributed by atoms with van der Waals surface area (Å²) in [6.45, 7) is 5.96. The van der Waals surface area contributed by atoms with E-state index in [1.807, 2.05) is 20.8 Å². The van der Waals surface area contributed by atoms with E-state index in [1.54, 1.807) is 10.8 Å². The molecule has 0 saturated heterocycles. The van der Waals surface area contributed by atoms with Gasteiger partial charge in [-0.2, -0.15) is 0 Å². The number of carbonyl (C=O) groups is 1. The predicted octanol–water partition coefficient (Wildman–Crippen LogP) is 2.10. The minimum absolute atomic E-state index is 0.0967. The van der Waals surface area contributed by atoms with E-state index in [0.717, 1.165) is 5.56 Å². The van der Waals surface area contributed by atoms with Gasteiger partial charge in [-0.15, -0.1) is 0 Å². The van der Waals surface area contributed by atoms with Gasteiger partial charge in [0.05, 0.1) is 29.2 Å². The van der Waals surface area contributed by atoms with Crippen LogP contribution in [0.25, 0.3) is 16.7 Å². The van der Waals surface area contributed by atoms with E-state index in [4.69, 9.17) is 0 Å². The van der Waals surface area contributed by atoms with Crippen LogP contribution in [0.2, 0.25) is 0 Å². The molecule has 0 fully saturated rings. The topological polar surface area (TPSA) is 101 Å². The number of carboxylic acids is 1. The lowest BCUT2D eigenvalue weighted by molar-refractivity contribution is 0.0697. The first-order valence-corrected chi connectivity index (χ1v) is 7.07. The SMILES string of the molecule is CC(C)(C)c1cn(-c2cnccc2C(=O)O)c2nc[nH]c(=O)c12. The van der Waals surface area contributed by atoms with Gasteiger partial charge in [0.25, 0.3) is 5.56 Å². The van der Waals surface area contributed by atoms with E-state index >= 15 is 0 Å². The van der Waals surface area contributed by atoms with Crippen molar-refractivity contribution in [2.24, 2.45) is 0 Å². The second kappa shape index (κ2) is 5.05. The van der Waals surface area contributed by atoms with E-state index in [9.17, 15) is 14.7 Å². The zero-order chi connectivity index (χ0) is 16.8. The molecule has 3 aromatic heterocycles. The van der Waals surface area contributed by atoms with Crippen LogP contribution in [-0.2, 0) is 5.41 Å². The van der Waals surface area contributed by atoms with Crippen molar-refractivity contribution < 1.29 is 9.90 Å². The van der Waals surface area contributed by atoms with Gasteiger partial charge in [-0.05, 0) is 17.0 Å². The molecule has 0 radical (unpaired) electrons. The Labute approximate surface area is 131 Å². The molecule has 3 rings (SSSR count). The summed E-state index contributed by atoms with van der Waals surface area (Å²) in [5.74, 6) is -1.06. The Hall–Kier alpha value is -2.96. The largest absolute Gasteiger partial charge is 0.478 e. The predicted molar refractivity (Wildman–Crippen MR) is 85.1 cm³/mol. The molecular formula is C16H16N4O3. The molecule has 3 heterocycles. The maximum Gasteiger partial charge on any atom is 0.337 e. The van der Waals surface area contributed by atoms with Crippen LogP contribution >= 0.6 is 0 Å². The number of fused-ring (bicyclic) bond motifs is 1. The third-order valence-electron chi connectivity index (χ3n) is 3.69. The van der Waals surface area contributed by atoms with Crippen LogP contribution in [0, 0.1) is 0 Å². The number of hydrogen-bond donors (Lipinski definition) is 2. The number of rotatable bonds is 2. The lowest BCUT2D eigenvalue weighted by atomic mass is 9.87. The Bertz CT molecular complexity index is 963. The highest BCUT2D eigenvalue weighted by Gasteiger charge is 2.25. The Morgan fingerprint density at radius 2 is 2.09 bits per heavy atom. The fourth-order valence-corrected chi connectivity index (χ4v) is 2.58. The smallest absolute Gasteiger partial charge is 0.337 e. The van der Waals surface area contributed by atoms with Crippen molar-refractivity contribution in [2.45, 2.75) is 26.2 Å². The van der Waals surface area contributed by atoms with Gasteiger partial charge in [0.2, 0.25) is 0 Å². The molecule has 3 aromatic rings. The van der Waals surface area contributed by atoms with E-state index in [1.165, 1.54) is 24.8 Å². The van der Waals surface area contributed by atoms with Crippen molar-refractivity contribution >= 4 is 17.0 Å². The summed E-state index contributed by atoms with van der Waals surface area (Å²) < 4.78 is 1.61. The highest BCUT2D eigenvalue weighted by Crippen LogP contribution is 2.31. The van der Waals surface area contributed by atoms with E-state index < -0.39 is 5.97 Å². The van der Waals surface area contributed by atoms with Crippen molar-refractivity contribution in [3.63, 3.8) is 0 Å². The summed E-state index contributed by atoms with van der Waals surface area (Å²) in [6, 6.07) is 1.42. The van der Waals surface area contributed by atoms with Crippen LogP contribution in [0.15, 0.2) is 35.8 Å². The number of aromatic nitrogens is 4. The summed E-state index contributed by atoms with van der Waals surface area (Å²) in [5.41, 5.74) is 1.12. The average molecular weight is 312 g/mol. The van der Waals surface area contributed by atoms with Gasteiger partial charge >= 0.3 is 5.97 Å². The van der Waals surface area contributed by atoms with E-state index in [2.05, 4.69) is 15.0 Å². The Morgan fingerprint density at radius 1 is 1.35 bits per heavy atom. The highest BCUT2D eigenvalue weighted by molar-refractivity contribution is 5.93. The quantitative estimate of drug-likeness (QED) is 0.754. The second-order valence-electron chi connectivity index (χ2n) is 6.29. The molecule has 0 bridgehead atoms. The van der Waals surface area contributed by atoms with Crippen LogP contribution in [0.3, 0.4) is 0 Å². The maximum absolute atomic E-state index is 12.3. The molecule has 7 nitrogen and oxygen atoms in total. The van der Waals surface area contributed by atoms with Crippen LogP contribution in [0.5, 0.6) is 0 Å². The molecule has 0 amide bonds. The zero-order valence-corrected chi connectivity index (χ0v) is 13.0. The van der Waals surface area contributed by atoms with Gasteiger partial charge in [-0.25, -0.2) is 9.78 Å². The van der Waals surface area contributed by atoms with Crippen molar-refractivity contribution in [3.8, 4) is 5.69 Å². The van der Waals surface area contributed by atoms with Crippen molar-refractivity contribution in [3.05, 3.63) is 52.5 Å². The van der Waals surface area contributed by atoms with Crippen molar-refractivity contribution in [1.29, 1.82) is 0 Å². The van der Waals surface area contributed by atoms with Crippen molar-refractivity contribution in [1.82, 2.24) is 19.5 Å². The first-order valence-electron chi connectivity index (χ1n) is 7.07. The normalized spacial score (nSPS) is 11.8. The molecule has 0 aromatic carbocycles. The number of hydrogen-bond acceptors (Lipinski definition) is 4. The number of aromatic amines is 1. The number of nitrogens with zero attached hydrogens (tertiary/aromatic N) is 3. The molecule has 23 heavy (non-hydrogen) atoms. The fraction of sp³-hybridized carbons (Fsp3) is 0.250. The monoisotopic (exact) mass is 312 g/mol. The molecule has 0 unspecified atom stereocenters. The summed E-state index contributed by atoms with van der Waals surface area (Å²) in [6.07, 6.45) is 5.95. The van der Waals surface area contributed by atoms with E-state index in [0.29, 0.717) is 16.7 Å². The number of carboxylic acid groups (broad SMARTS) is 1. The van der Waals surface area contributed by atoms with Gasteiger partial charge in [0.15, 0.2) is 5.65 Å². The molecule has 7 heteroatoms. The number of H-pyrrole nitrogens is 1. The summed E-state index contributed by atoms with van der Waals surface area (Å²) in [4.78, 5) is 34.6. The first kappa shape index (κ1) is 15.0. The highest BCUT2D eigenvalue weighted by atomic mass is 16.4. The Kier molecular flexibility index (Phi) is 3.28. The summed E-state index contributed by atoms with van der Waals surface area (Å²) >= 11 is 0. The fourth-order valence-electron chi connectivity index (χ4n) is 2.58. The lowest BCUT2D eigenvalue weighted by Crippen LogP contribution is -2.15. The molecule has 0 atom stereocenters. The minimum Gasteiger partial charge on any atom is -0.478 e. The maximum atomic E-state index is 12.3. The number of nitrogens with one attached hydrogen (secondary N) is 1. The Morgan fingerprint density at radius 3 is 2.74 bits per heavy atom. The molecular weight excluding hydrogens is 296 g/mol. The summed E-state index contributed by atoms with van der Waals surface area (Å²) in [5, 5.41) is 9.85. The molecule has 2 N–H and O–H groups in total. The third kappa shape index (κ3) is 2.40. The minimum atomic E-state index is -1.06. The van der Waals surface area contributed by atoms with Crippen LogP contribution in [0.1, 0.15) is 36.7 Å². The molecule has 0 spiro atoms. The first-order chi connectivity index (χ1) is 10.8. The van der Waals surface area contributed by atoms with Crippen molar-refractivity contribution in [2.75, 3.05) is 0 Å². The molecule has 0 aliphatic heterocycles. The average Bonchev–Trinajstić information content (AvgIpc) is 2.88. The molecule has 0 aliphatic rings.